The lowest BCUT2D eigenvalue weighted by molar-refractivity contribution is -0.124. The number of ether oxygens (including phenoxy) is 4. The van der Waals surface area contributed by atoms with Crippen LogP contribution in [-0.4, -0.2) is 64.0 Å². The van der Waals surface area contributed by atoms with E-state index in [-0.39, 0.29) is 41.6 Å². The van der Waals surface area contributed by atoms with Gasteiger partial charge in [0.05, 0.1) is 41.8 Å². The van der Waals surface area contributed by atoms with Crippen LogP contribution in [0.15, 0.2) is 41.3 Å². The Bertz CT molecular complexity index is 1610. The summed E-state index contributed by atoms with van der Waals surface area (Å²) in [5.41, 5.74) is -5.69. The van der Waals surface area contributed by atoms with Gasteiger partial charge in [-0.25, -0.2) is 12.8 Å². The molecule has 6 atom stereocenters. The third kappa shape index (κ3) is 5.92. The highest BCUT2D eigenvalue weighted by Crippen LogP contribution is 2.53. The molecule has 1 saturated heterocycles. The molecule has 46 heavy (non-hydrogen) atoms. The largest absolute Gasteiger partial charge is 0.501 e. The van der Waals surface area contributed by atoms with Crippen LogP contribution in [-0.2, 0) is 24.1 Å². The van der Waals surface area contributed by atoms with Crippen LogP contribution in [0.3, 0.4) is 0 Å². The number of alkyl halides is 3. The lowest BCUT2D eigenvalue weighted by atomic mass is 9.80. The van der Waals surface area contributed by atoms with Crippen molar-refractivity contribution in [3.63, 3.8) is 0 Å². The topological polar surface area (TPSA) is 129 Å². The molecule has 0 aromatic heterocycles. The van der Waals surface area contributed by atoms with Crippen LogP contribution in [0.4, 0.5) is 23.2 Å². The molecule has 1 heterocycles. The first-order valence-corrected chi connectivity index (χ1v) is 16.6. The molecule has 0 unspecified atom stereocenters. The molecule has 4 fully saturated rings. The van der Waals surface area contributed by atoms with E-state index in [9.17, 15) is 31.2 Å². The SMILES string of the molecule is COc1cc(F)c(OC2CCC(C)CC2)cc1C(=O)N[C@@H]1[C@@H]2C[C@@H]([C@H]3OCO[C@@H]23)[C@@H]1C(=O)Nc1cccc(S(=O)(=O)C(F)(F)F)c1. The van der Waals surface area contributed by atoms with E-state index in [1.54, 1.807) is 0 Å². The maximum absolute atomic E-state index is 15.0. The van der Waals surface area contributed by atoms with E-state index in [4.69, 9.17) is 18.9 Å². The second-order valence-corrected chi connectivity index (χ2v) is 14.4. The Balaban J connectivity index is 1.25. The van der Waals surface area contributed by atoms with Crippen LogP contribution >= 0.6 is 0 Å². The summed E-state index contributed by atoms with van der Waals surface area (Å²) >= 11 is 0. The molecule has 2 N–H and O–H groups in total. The van der Waals surface area contributed by atoms with Crippen LogP contribution in [0, 0.1) is 29.5 Å². The summed E-state index contributed by atoms with van der Waals surface area (Å²) in [6, 6.07) is 5.44. The second-order valence-electron chi connectivity index (χ2n) is 12.4. The number of halogens is 4. The molecule has 4 aliphatic rings. The number of fused-ring (bicyclic) bond motifs is 5. The van der Waals surface area contributed by atoms with Crippen molar-refractivity contribution in [1.29, 1.82) is 0 Å². The number of anilines is 1. The lowest BCUT2D eigenvalue weighted by Crippen LogP contribution is -2.55. The fourth-order valence-electron chi connectivity index (χ4n) is 7.32. The molecule has 2 aromatic rings. The van der Waals surface area contributed by atoms with E-state index in [0.717, 1.165) is 49.9 Å². The van der Waals surface area contributed by atoms with Gasteiger partial charge in [0.25, 0.3) is 15.7 Å². The number of carbonyl (C=O) groups excluding carboxylic acids is 2. The van der Waals surface area contributed by atoms with Crippen molar-refractivity contribution in [3.05, 3.63) is 47.8 Å². The lowest BCUT2D eigenvalue weighted by Gasteiger charge is -2.36. The molecule has 2 bridgehead atoms. The summed E-state index contributed by atoms with van der Waals surface area (Å²) in [5, 5.41) is 5.43. The maximum Gasteiger partial charge on any atom is 0.501 e. The highest BCUT2D eigenvalue weighted by atomic mass is 32.2. The fourth-order valence-corrected chi connectivity index (χ4v) is 8.13. The predicted octanol–water partition coefficient (Wildman–Crippen LogP) is 4.83. The highest BCUT2D eigenvalue weighted by molar-refractivity contribution is 7.92. The number of methoxy groups -OCH3 is 1. The number of carbonyl (C=O) groups is 2. The quantitative estimate of drug-likeness (QED) is 0.383. The van der Waals surface area contributed by atoms with Crippen LogP contribution in [0.2, 0.25) is 0 Å². The van der Waals surface area contributed by atoms with Gasteiger partial charge in [0.1, 0.15) is 12.5 Å². The molecular formula is C31H34F4N2O8S. The van der Waals surface area contributed by atoms with E-state index in [2.05, 4.69) is 17.6 Å². The van der Waals surface area contributed by atoms with Crippen molar-refractivity contribution in [2.24, 2.45) is 23.7 Å². The molecule has 3 aliphatic carbocycles. The van der Waals surface area contributed by atoms with Gasteiger partial charge in [0.15, 0.2) is 11.6 Å². The van der Waals surface area contributed by atoms with Gasteiger partial charge in [0.2, 0.25) is 5.91 Å². The highest BCUT2D eigenvalue weighted by Gasteiger charge is 2.63. The summed E-state index contributed by atoms with van der Waals surface area (Å²) in [5.74, 6) is -3.21. The van der Waals surface area contributed by atoms with E-state index in [0.29, 0.717) is 12.3 Å². The Morgan fingerprint density at radius 3 is 2.35 bits per heavy atom. The standard InChI is InChI=1S/C31H34F4N2O8S/c1-15-6-8-17(9-7-15)45-24-12-19(23(42-2)13-22(24)32)29(38)37-26-21-11-20(27-28(21)44-14-43-27)25(26)30(39)36-16-4-3-5-18(10-16)46(40,41)31(33,34)35/h3-5,10,12-13,15,17,20-21,25-28H,6-9,11,14H2,1-2H3,(H,36,39)(H,37,38)/t15?,17?,20-,21+,25+,26-,27-,28+/m1/s1. The molecule has 10 nitrogen and oxygen atoms in total. The number of amides is 2. The van der Waals surface area contributed by atoms with Crippen LogP contribution in [0.25, 0.3) is 0 Å². The number of benzene rings is 2. The molecule has 3 saturated carbocycles. The van der Waals surface area contributed by atoms with E-state index in [1.807, 2.05) is 0 Å². The summed E-state index contributed by atoms with van der Waals surface area (Å²) in [7, 11) is -4.35. The van der Waals surface area contributed by atoms with Gasteiger partial charge < -0.3 is 29.6 Å². The van der Waals surface area contributed by atoms with Gasteiger partial charge >= 0.3 is 5.51 Å². The van der Waals surface area contributed by atoms with Crippen LogP contribution in [0.1, 0.15) is 49.4 Å². The molecule has 0 radical (unpaired) electrons. The number of hydrogen-bond acceptors (Lipinski definition) is 8. The Hall–Kier alpha value is -3.43. The van der Waals surface area contributed by atoms with Crippen LogP contribution in [0.5, 0.6) is 11.5 Å². The molecule has 0 spiro atoms. The first-order valence-electron chi connectivity index (χ1n) is 15.1. The number of sulfone groups is 1. The van der Waals surface area contributed by atoms with Crippen molar-refractivity contribution < 1.29 is 54.5 Å². The predicted molar refractivity (Wildman–Crippen MR) is 154 cm³/mol. The minimum absolute atomic E-state index is 0.00111. The minimum atomic E-state index is -5.65. The smallest absolute Gasteiger partial charge is 0.496 e. The van der Waals surface area contributed by atoms with Crippen molar-refractivity contribution >= 4 is 27.3 Å². The fraction of sp³-hybridized carbons (Fsp3) is 0.548. The second kappa shape index (κ2) is 12.3. The van der Waals surface area contributed by atoms with Crippen molar-refractivity contribution in [2.45, 2.75) is 73.8 Å². The Morgan fingerprint density at radius 2 is 1.67 bits per heavy atom. The molecule has 250 valence electrons. The third-order valence-corrected chi connectivity index (χ3v) is 11.1. The summed E-state index contributed by atoms with van der Waals surface area (Å²) in [6.45, 7) is 2.15. The molecule has 1 aliphatic heterocycles. The zero-order valence-corrected chi connectivity index (χ0v) is 25.8. The Morgan fingerprint density at radius 1 is 0.978 bits per heavy atom. The molecule has 6 rings (SSSR count). The number of hydrogen-bond donors (Lipinski definition) is 2. The van der Waals surface area contributed by atoms with Gasteiger partial charge in [-0.15, -0.1) is 0 Å². The molecular weight excluding hydrogens is 636 g/mol. The summed E-state index contributed by atoms with van der Waals surface area (Å²) < 4.78 is 101. The molecule has 2 aromatic carbocycles. The summed E-state index contributed by atoms with van der Waals surface area (Å²) in [6.07, 6.45) is 2.81. The minimum Gasteiger partial charge on any atom is -0.496 e. The van der Waals surface area contributed by atoms with E-state index < -0.39 is 68.0 Å². The average molecular weight is 671 g/mol. The maximum atomic E-state index is 15.0. The first kappa shape index (κ1) is 32.5. The third-order valence-electron chi connectivity index (χ3n) is 9.61. The van der Waals surface area contributed by atoms with Crippen molar-refractivity contribution in [1.82, 2.24) is 5.32 Å². The van der Waals surface area contributed by atoms with Gasteiger partial charge in [-0.3, -0.25) is 9.59 Å². The first-order chi connectivity index (χ1) is 21.8. The van der Waals surface area contributed by atoms with Crippen molar-refractivity contribution in [3.8, 4) is 11.5 Å². The Kier molecular flexibility index (Phi) is 8.70. The zero-order chi connectivity index (χ0) is 33.0. The van der Waals surface area contributed by atoms with E-state index >= 15 is 4.39 Å². The average Bonchev–Trinajstić information content (AvgIpc) is 3.72. The van der Waals surface area contributed by atoms with E-state index in [1.165, 1.54) is 19.2 Å². The molecule has 15 heteroatoms. The van der Waals surface area contributed by atoms with Gasteiger partial charge in [0, 0.05) is 29.6 Å². The zero-order valence-electron chi connectivity index (χ0n) is 25.0. The van der Waals surface area contributed by atoms with Gasteiger partial charge in [-0.05, 0) is 62.3 Å². The molecule has 2 amide bonds. The van der Waals surface area contributed by atoms with Crippen LogP contribution < -0.4 is 20.1 Å². The monoisotopic (exact) mass is 670 g/mol. The van der Waals surface area contributed by atoms with Gasteiger partial charge in [-0.2, -0.15) is 13.2 Å². The number of nitrogens with one attached hydrogen (secondary N) is 2. The van der Waals surface area contributed by atoms with Crippen molar-refractivity contribution in [2.75, 3.05) is 19.2 Å². The summed E-state index contributed by atoms with van der Waals surface area (Å²) in [4.78, 5) is 26.5. The van der Waals surface area contributed by atoms with Gasteiger partial charge in [-0.1, -0.05) is 13.0 Å². The normalized spacial score (nSPS) is 30.5. The number of rotatable bonds is 8. The Labute approximate surface area is 263 Å².